The molecule has 5 rings (SSSR count). The minimum Gasteiger partial charge on any atom is -0.503 e. The second-order valence-electron chi connectivity index (χ2n) is 7.62. The Hall–Kier alpha value is -3.11. The van der Waals surface area contributed by atoms with Crippen molar-refractivity contribution >= 4 is 17.2 Å². The third-order valence-corrected chi connectivity index (χ3v) is 6.56. The highest BCUT2D eigenvalue weighted by Crippen LogP contribution is 2.32. The Morgan fingerprint density at radius 1 is 1.32 bits per heavy atom. The van der Waals surface area contributed by atoms with E-state index in [1.165, 1.54) is 45.3 Å². The van der Waals surface area contributed by atoms with E-state index in [0.717, 1.165) is 6.07 Å². The molecular formula is C21H17F2N3O4S. The number of aromatic hydroxyl groups is 1. The second-order valence-corrected chi connectivity index (χ2v) is 8.73. The van der Waals surface area contributed by atoms with Crippen molar-refractivity contribution in [1.29, 1.82) is 0 Å². The normalized spacial score (nSPS) is 20.1. The van der Waals surface area contributed by atoms with Gasteiger partial charge in [0.15, 0.2) is 17.7 Å². The SMILES string of the molecule is C[C@@H]1COC2Cn3cc(-c4ncc(Cc5ccc(F)cc5F)s4)c(=O)c(O)c3C(=O)N21. The topological polar surface area (TPSA) is 84.7 Å². The number of amides is 1. The van der Waals surface area contributed by atoms with Gasteiger partial charge in [-0.2, -0.15) is 0 Å². The van der Waals surface area contributed by atoms with E-state index in [9.17, 15) is 23.5 Å². The van der Waals surface area contributed by atoms with Crippen LogP contribution >= 0.6 is 11.3 Å². The summed E-state index contributed by atoms with van der Waals surface area (Å²) in [5.74, 6) is -2.39. The van der Waals surface area contributed by atoms with Crippen molar-refractivity contribution in [2.24, 2.45) is 0 Å². The lowest BCUT2D eigenvalue weighted by molar-refractivity contribution is 0.00638. The van der Waals surface area contributed by atoms with E-state index in [4.69, 9.17) is 4.74 Å². The van der Waals surface area contributed by atoms with E-state index >= 15 is 0 Å². The summed E-state index contributed by atoms with van der Waals surface area (Å²) in [5, 5.41) is 10.9. The van der Waals surface area contributed by atoms with Crippen LogP contribution in [0.2, 0.25) is 0 Å². The fourth-order valence-electron chi connectivity index (χ4n) is 3.99. The second kappa shape index (κ2) is 7.24. The number of aromatic nitrogens is 2. The Morgan fingerprint density at radius 2 is 2.13 bits per heavy atom. The van der Waals surface area contributed by atoms with Gasteiger partial charge in [0, 0.05) is 29.8 Å². The largest absolute Gasteiger partial charge is 0.503 e. The maximum Gasteiger partial charge on any atom is 0.276 e. The molecule has 1 unspecified atom stereocenters. The highest BCUT2D eigenvalue weighted by Gasteiger charge is 2.42. The number of hydrogen-bond acceptors (Lipinski definition) is 6. The van der Waals surface area contributed by atoms with Crippen LogP contribution in [0, 0.1) is 11.6 Å². The zero-order chi connectivity index (χ0) is 21.9. The van der Waals surface area contributed by atoms with Gasteiger partial charge in [-0.3, -0.25) is 9.59 Å². The average molecular weight is 445 g/mol. The van der Waals surface area contributed by atoms with Gasteiger partial charge in [-0.1, -0.05) is 6.07 Å². The molecule has 10 heteroatoms. The van der Waals surface area contributed by atoms with Crippen LogP contribution in [0.25, 0.3) is 10.6 Å². The number of halogens is 2. The molecule has 2 atom stereocenters. The zero-order valence-corrected chi connectivity index (χ0v) is 17.2. The van der Waals surface area contributed by atoms with E-state index in [0.29, 0.717) is 22.1 Å². The molecule has 0 radical (unpaired) electrons. The van der Waals surface area contributed by atoms with Crippen molar-refractivity contribution in [3.8, 4) is 16.3 Å². The monoisotopic (exact) mass is 445 g/mol. The summed E-state index contributed by atoms with van der Waals surface area (Å²) in [7, 11) is 0. The van der Waals surface area contributed by atoms with Crippen LogP contribution in [-0.4, -0.2) is 44.3 Å². The lowest BCUT2D eigenvalue weighted by Crippen LogP contribution is -2.48. The molecular weight excluding hydrogens is 428 g/mol. The first-order valence-electron chi connectivity index (χ1n) is 9.63. The molecule has 1 N–H and O–H groups in total. The van der Waals surface area contributed by atoms with Crippen molar-refractivity contribution in [3.63, 3.8) is 0 Å². The molecule has 31 heavy (non-hydrogen) atoms. The standard InChI is InChI=1S/C21H17F2N3O4S/c1-10-9-30-16-8-25-7-14(18(27)19(28)17(25)21(29)26(10)16)20-24-6-13(31-20)4-11-2-3-12(22)5-15(11)23/h2-3,5-7,10,16,28H,4,8-9H2,1H3/t10-,16?/m1/s1. The fourth-order valence-corrected chi connectivity index (χ4v) is 4.94. The minimum atomic E-state index is -0.695. The third kappa shape index (κ3) is 3.22. The molecule has 160 valence electrons. The molecule has 0 aliphatic carbocycles. The fraction of sp³-hybridized carbons (Fsp3) is 0.286. The summed E-state index contributed by atoms with van der Waals surface area (Å²) in [5.41, 5.74) is -0.309. The molecule has 1 saturated heterocycles. The summed E-state index contributed by atoms with van der Waals surface area (Å²) in [4.78, 5) is 32.1. The third-order valence-electron chi connectivity index (χ3n) is 5.52. The molecule has 0 bridgehead atoms. The number of nitrogens with zero attached hydrogens (tertiary/aromatic N) is 3. The number of rotatable bonds is 3. The van der Waals surface area contributed by atoms with Crippen molar-refractivity contribution < 1.29 is 23.4 Å². The van der Waals surface area contributed by atoms with Crippen LogP contribution in [0.4, 0.5) is 8.78 Å². The Balaban J connectivity index is 1.51. The Bertz CT molecular complexity index is 1270. The van der Waals surface area contributed by atoms with Gasteiger partial charge in [0.25, 0.3) is 5.91 Å². The van der Waals surface area contributed by atoms with Crippen LogP contribution in [-0.2, 0) is 17.7 Å². The molecule has 2 aliphatic rings. The van der Waals surface area contributed by atoms with Crippen molar-refractivity contribution in [2.75, 3.05) is 6.61 Å². The number of benzene rings is 1. The van der Waals surface area contributed by atoms with E-state index in [1.54, 1.807) is 0 Å². The number of carbonyl (C=O) groups excluding carboxylic acids is 1. The van der Waals surface area contributed by atoms with Gasteiger partial charge in [-0.05, 0) is 18.6 Å². The molecule has 1 amide bonds. The predicted molar refractivity (Wildman–Crippen MR) is 108 cm³/mol. The molecule has 7 nitrogen and oxygen atoms in total. The van der Waals surface area contributed by atoms with E-state index < -0.39 is 34.9 Å². The summed E-state index contributed by atoms with van der Waals surface area (Å²) in [6.45, 7) is 2.52. The molecule has 2 aliphatic heterocycles. The van der Waals surface area contributed by atoms with Crippen LogP contribution < -0.4 is 5.43 Å². The summed E-state index contributed by atoms with van der Waals surface area (Å²) >= 11 is 1.17. The Kier molecular flexibility index (Phi) is 4.63. The van der Waals surface area contributed by atoms with Crippen molar-refractivity contribution in [2.45, 2.75) is 32.2 Å². The van der Waals surface area contributed by atoms with Crippen LogP contribution in [0.5, 0.6) is 5.75 Å². The first-order valence-corrected chi connectivity index (χ1v) is 10.4. The van der Waals surface area contributed by atoms with Crippen molar-refractivity contribution in [1.82, 2.24) is 14.5 Å². The van der Waals surface area contributed by atoms with Gasteiger partial charge >= 0.3 is 0 Å². The van der Waals surface area contributed by atoms with Crippen LogP contribution in [0.15, 0.2) is 35.4 Å². The summed E-state index contributed by atoms with van der Waals surface area (Å²) in [6.07, 6.45) is 2.74. The molecule has 3 aromatic rings. The maximum absolute atomic E-state index is 14.0. The van der Waals surface area contributed by atoms with Crippen LogP contribution in [0.1, 0.15) is 27.9 Å². The first-order chi connectivity index (χ1) is 14.8. The zero-order valence-electron chi connectivity index (χ0n) is 16.3. The molecule has 2 aromatic heterocycles. The molecule has 0 saturated carbocycles. The first kappa shape index (κ1) is 19.8. The molecule has 1 fully saturated rings. The smallest absolute Gasteiger partial charge is 0.276 e. The lowest BCUT2D eigenvalue weighted by atomic mass is 10.1. The Morgan fingerprint density at radius 3 is 2.90 bits per heavy atom. The van der Waals surface area contributed by atoms with Crippen LogP contribution in [0.3, 0.4) is 0 Å². The average Bonchev–Trinajstić information content (AvgIpc) is 3.33. The maximum atomic E-state index is 14.0. The number of fused-ring (bicyclic) bond motifs is 2. The molecule has 1 aromatic carbocycles. The number of carbonyl (C=O) groups is 1. The number of pyridine rings is 1. The summed E-state index contributed by atoms with van der Waals surface area (Å²) in [6, 6.07) is 3.22. The van der Waals surface area contributed by atoms with Crippen molar-refractivity contribution in [3.05, 3.63) is 68.6 Å². The van der Waals surface area contributed by atoms with E-state index in [2.05, 4.69) is 4.98 Å². The van der Waals surface area contributed by atoms with Gasteiger partial charge in [0.2, 0.25) is 5.43 Å². The van der Waals surface area contributed by atoms with E-state index in [-0.39, 0.29) is 30.3 Å². The van der Waals surface area contributed by atoms with Gasteiger partial charge in [0.05, 0.1) is 24.8 Å². The number of thiazole rings is 1. The van der Waals surface area contributed by atoms with Gasteiger partial charge in [-0.25, -0.2) is 13.8 Å². The lowest BCUT2D eigenvalue weighted by Gasteiger charge is -2.33. The Labute approximate surface area is 179 Å². The predicted octanol–water partition coefficient (Wildman–Crippen LogP) is 2.75. The van der Waals surface area contributed by atoms with Gasteiger partial charge in [-0.15, -0.1) is 11.3 Å². The molecule has 0 spiro atoms. The minimum absolute atomic E-state index is 0.0625. The highest BCUT2D eigenvalue weighted by atomic mass is 32.1. The van der Waals surface area contributed by atoms with Gasteiger partial charge < -0.3 is 19.3 Å². The number of ether oxygens (including phenoxy) is 1. The highest BCUT2D eigenvalue weighted by molar-refractivity contribution is 7.15. The number of hydrogen-bond donors (Lipinski definition) is 1. The quantitative estimate of drug-likeness (QED) is 0.670. The summed E-state index contributed by atoms with van der Waals surface area (Å²) < 4.78 is 34.2. The van der Waals surface area contributed by atoms with Gasteiger partial charge in [0.1, 0.15) is 16.6 Å². The van der Waals surface area contributed by atoms with E-state index in [1.807, 2.05) is 6.92 Å². The molecule has 4 heterocycles.